The van der Waals surface area contributed by atoms with Crippen molar-refractivity contribution in [2.24, 2.45) is 0 Å². The summed E-state index contributed by atoms with van der Waals surface area (Å²) in [6.07, 6.45) is 3.47. The van der Waals surface area contributed by atoms with Crippen molar-refractivity contribution in [3.8, 4) is 11.6 Å². The number of hydrogen-bond donors (Lipinski definition) is 1. The first kappa shape index (κ1) is 19.1. The SMILES string of the molecule is CSc1nc(-c2ccco2)nc(C)c1C(=O)Nc1cccc(CN(C)C)c1. The van der Waals surface area contributed by atoms with Crippen LogP contribution in [0.3, 0.4) is 0 Å². The molecule has 3 aromatic rings. The molecule has 0 saturated carbocycles. The maximum absolute atomic E-state index is 12.9. The average Bonchev–Trinajstić information content (AvgIpc) is 3.15. The summed E-state index contributed by atoms with van der Waals surface area (Å²) in [5.74, 6) is 0.841. The van der Waals surface area contributed by atoms with E-state index in [0.717, 1.165) is 17.8 Å². The smallest absolute Gasteiger partial charge is 0.260 e. The van der Waals surface area contributed by atoms with Gasteiger partial charge < -0.3 is 14.6 Å². The number of benzene rings is 1. The standard InChI is InChI=1S/C20H22N4O2S/c1-13-17(20(27-4)23-18(21-13)16-9-6-10-26-16)19(25)22-15-8-5-7-14(11-15)12-24(2)3/h5-11H,12H2,1-4H3,(H,22,25). The zero-order valence-electron chi connectivity index (χ0n) is 15.8. The lowest BCUT2D eigenvalue weighted by Crippen LogP contribution is -2.17. The van der Waals surface area contributed by atoms with Crippen molar-refractivity contribution in [2.75, 3.05) is 25.7 Å². The van der Waals surface area contributed by atoms with E-state index in [0.29, 0.717) is 27.9 Å². The molecule has 0 atom stereocenters. The highest BCUT2D eigenvalue weighted by Crippen LogP contribution is 2.26. The Morgan fingerprint density at radius 3 is 2.70 bits per heavy atom. The number of aryl methyl sites for hydroxylation is 1. The molecule has 1 amide bonds. The van der Waals surface area contributed by atoms with Gasteiger partial charge in [0.1, 0.15) is 5.03 Å². The summed E-state index contributed by atoms with van der Waals surface area (Å²) < 4.78 is 5.38. The van der Waals surface area contributed by atoms with Crippen molar-refractivity contribution in [2.45, 2.75) is 18.5 Å². The number of hydrogen-bond acceptors (Lipinski definition) is 6. The molecule has 1 aromatic carbocycles. The fourth-order valence-corrected chi connectivity index (χ4v) is 3.40. The molecule has 0 spiro atoms. The molecule has 140 valence electrons. The van der Waals surface area contributed by atoms with Gasteiger partial charge in [-0.3, -0.25) is 4.79 Å². The molecule has 2 aromatic heterocycles. The fourth-order valence-electron chi connectivity index (χ4n) is 2.78. The van der Waals surface area contributed by atoms with E-state index in [1.807, 2.05) is 51.5 Å². The molecule has 0 saturated heterocycles. The Bertz CT molecular complexity index is 939. The van der Waals surface area contributed by atoms with Gasteiger partial charge in [0, 0.05) is 12.2 Å². The molecule has 27 heavy (non-hydrogen) atoms. The van der Waals surface area contributed by atoms with Crippen LogP contribution in [0.25, 0.3) is 11.6 Å². The molecule has 3 rings (SSSR count). The van der Waals surface area contributed by atoms with Crippen LogP contribution in [0, 0.1) is 6.92 Å². The van der Waals surface area contributed by atoms with Crippen LogP contribution in [0.1, 0.15) is 21.6 Å². The second-order valence-electron chi connectivity index (χ2n) is 6.39. The molecule has 0 radical (unpaired) electrons. The third-order valence-electron chi connectivity index (χ3n) is 3.90. The summed E-state index contributed by atoms with van der Waals surface area (Å²) >= 11 is 1.41. The summed E-state index contributed by atoms with van der Waals surface area (Å²) in [5, 5.41) is 3.59. The van der Waals surface area contributed by atoms with Gasteiger partial charge in [0.2, 0.25) is 0 Å². The molecule has 0 unspecified atom stereocenters. The van der Waals surface area contributed by atoms with Gasteiger partial charge >= 0.3 is 0 Å². The van der Waals surface area contributed by atoms with Crippen LogP contribution < -0.4 is 5.32 Å². The number of furan rings is 1. The predicted octanol–water partition coefficient (Wildman–Crippen LogP) is 4.08. The second kappa shape index (κ2) is 8.37. The Morgan fingerprint density at radius 1 is 1.22 bits per heavy atom. The van der Waals surface area contributed by atoms with E-state index in [2.05, 4.69) is 20.2 Å². The fraction of sp³-hybridized carbons (Fsp3) is 0.250. The number of anilines is 1. The summed E-state index contributed by atoms with van der Waals surface area (Å²) in [7, 11) is 4.02. The third kappa shape index (κ3) is 4.56. The van der Waals surface area contributed by atoms with Crippen molar-refractivity contribution in [3.05, 3.63) is 59.5 Å². The number of amides is 1. The molecule has 6 nitrogen and oxygen atoms in total. The van der Waals surface area contributed by atoms with Crippen molar-refractivity contribution in [3.63, 3.8) is 0 Å². The number of thioether (sulfide) groups is 1. The predicted molar refractivity (Wildman–Crippen MR) is 108 cm³/mol. The van der Waals surface area contributed by atoms with E-state index in [1.165, 1.54) is 11.8 Å². The van der Waals surface area contributed by atoms with Crippen LogP contribution in [-0.2, 0) is 6.54 Å². The first-order valence-corrected chi connectivity index (χ1v) is 9.72. The van der Waals surface area contributed by atoms with E-state index < -0.39 is 0 Å². The number of rotatable bonds is 6. The minimum Gasteiger partial charge on any atom is -0.461 e. The Hall–Kier alpha value is -2.64. The average molecular weight is 382 g/mol. The lowest BCUT2D eigenvalue weighted by atomic mass is 10.1. The number of carbonyl (C=O) groups excluding carboxylic acids is 1. The molecule has 7 heteroatoms. The largest absolute Gasteiger partial charge is 0.461 e. The Labute approximate surface area is 163 Å². The molecule has 1 N–H and O–H groups in total. The van der Waals surface area contributed by atoms with Gasteiger partial charge in [-0.25, -0.2) is 9.97 Å². The molecular formula is C20H22N4O2S. The summed E-state index contributed by atoms with van der Waals surface area (Å²) in [4.78, 5) is 24.0. The van der Waals surface area contributed by atoms with Gasteiger partial charge in [0.15, 0.2) is 11.6 Å². The van der Waals surface area contributed by atoms with Gasteiger partial charge in [0.25, 0.3) is 5.91 Å². The van der Waals surface area contributed by atoms with Crippen LogP contribution in [0.4, 0.5) is 5.69 Å². The van der Waals surface area contributed by atoms with Crippen LogP contribution in [-0.4, -0.2) is 41.1 Å². The van der Waals surface area contributed by atoms with E-state index in [-0.39, 0.29) is 5.91 Å². The van der Waals surface area contributed by atoms with Crippen molar-refractivity contribution in [1.82, 2.24) is 14.9 Å². The van der Waals surface area contributed by atoms with Gasteiger partial charge in [-0.05, 0) is 57.1 Å². The Balaban J connectivity index is 1.88. The van der Waals surface area contributed by atoms with E-state index in [1.54, 1.807) is 18.4 Å². The van der Waals surface area contributed by atoms with Crippen LogP contribution in [0.15, 0.2) is 52.1 Å². The number of aromatic nitrogens is 2. The summed E-state index contributed by atoms with van der Waals surface area (Å²) in [6.45, 7) is 2.62. The van der Waals surface area contributed by atoms with Crippen LogP contribution in [0.2, 0.25) is 0 Å². The van der Waals surface area contributed by atoms with Crippen molar-refractivity contribution < 1.29 is 9.21 Å². The maximum Gasteiger partial charge on any atom is 0.260 e. The lowest BCUT2D eigenvalue weighted by Gasteiger charge is -2.13. The van der Waals surface area contributed by atoms with Gasteiger partial charge in [-0.2, -0.15) is 0 Å². The molecular weight excluding hydrogens is 360 g/mol. The quantitative estimate of drug-likeness (QED) is 0.512. The lowest BCUT2D eigenvalue weighted by molar-refractivity contribution is 0.102. The van der Waals surface area contributed by atoms with E-state index in [9.17, 15) is 4.79 Å². The molecule has 0 aliphatic rings. The first-order valence-electron chi connectivity index (χ1n) is 8.49. The number of nitrogens with one attached hydrogen (secondary N) is 1. The Morgan fingerprint density at radius 2 is 2.04 bits per heavy atom. The second-order valence-corrected chi connectivity index (χ2v) is 7.18. The number of carbonyl (C=O) groups is 1. The number of nitrogens with zero attached hydrogens (tertiary/aromatic N) is 3. The van der Waals surface area contributed by atoms with Crippen LogP contribution in [0.5, 0.6) is 0 Å². The summed E-state index contributed by atoms with van der Waals surface area (Å²) in [5.41, 5.74) is 2.98. The van der Waals surface area contributed by atoms with Crippen molar-refractivity contribution in [1.29, 1.82) is 0 Å². The zero-order valence-corrected chi connectivity index (χ0v) is 16.6. The van der Waals surface area contributed by atoms with Gasteiger partial charge in [-0.1, -0.05) is 12.1 Å². The highest BCUT2D eigenvalue weighted by atomic mass is 32.2. The third-order valence-corrected chi connectivity index (χ3v) is 4.58. The molecule has 0 bridgehead atoms. The minimum absolute atomic E-state index is 0.218. The minimum atomic E-state index is -0.218. The molecule has 0 aliphatic heterocycles. The van der Waals surface area contributed by atoms with Gasteiger partial charge in [-0.15, -0.1) is 11.8 Å². The zero-order chi connectivity index (χ0) is 19.4. The van der Waals surface area contributed by atoms with E-state index >= 15 is 0 Å². The Kier molecular flexibility index (Phi) is 5.93. The van der Waals surface area contributed by atoms with Crippen molar-refractivity contribution >= 4 is 23.4 Å². The summed E-state index contributed by atoms with van der Waals surface area (Å²) in [6, 6.07) is 11.4. The molecule has 0 fully saturated rings. The molecule has 2 heterocycles. The maximum atomic E-state index is 12.9. The van der Waals surface area contributed by atoms with Gasteiger partial charge in [0.05, 0.1) is 17.5 Å². The normalized spacial score (nSPS) is 11.0. The van der Waals surface area contributed by atoms with Crippen LogP contribution >= 0.6 is 11.8 Å². The topological polar surface area (TPSA) is 71.3 Å². The highest BCUT2D eigenvalue weighted by Gasteiger charge is 2.20. The molecule has 0 aliphatic carbocycles. The monoisotopic (exact) mass is 382 g/mol. The highest BCUT2D eigenvalue weighted by molar-refractivity contribution is 7.98. The van der Waals surface area contributed by atoms with E-state index in [4.69, 9.17) is 4.42 Å². The first-order chi connectivity index (χ1) is 13.0.